The fourth-order valence-corrected chi connectivity index (χ4v) is 1.48. The van der Waals surface area contributed by atoms with Gasteiger partial charge in [-0.2, -0.15) is 0 Å². The van der Waals surface area contributed by atoms with Gasteiger partial charge in [0.05, 0.1) is 0 Å². The van der Waals surface area contributed by atoms with Crippen molar-refractivity contribution in [3.63, 3.8) is 0 Å². The van der Waals surface area contributed by atoms with Crippen molar-refractivity contribution in [3.05, 3.63) is 0 Å². The van der Waals surface area contributed by atoms with Crippen LogP contribution in [-0.2, 0) is 4.74 Å². The lowest BCUT2D eigenvalue weighted by Crippen LogP contribution is -2.77. The molecule has 0 atom stereocenters. The van der Waals surface area contributed by atoms with Gasteiger partial charge >= 0.3 is 6.09 Å². The number of hydrogen-bond acceptors (Lipinski definition) is 4. The van der Waals surface area contributed by atoms with E-state index in [1.165, 1.54) is 0 Å². The molecule has 0 spiro atoms. The number of alkyl halides is 2. The Labute approximate surface area is 98.5 Å². The maximum absolute atomic E-state index is 13.2. The van der Waals surface area contributed by atoms with E-state index in [-0.39, 0.29) is 13.1 Å². The second-order valence-electron chi connectivity index (χ2n) is 5.36. The Morgan fingerprint density at radius 3 is 2.29 bits per heavy atom. The van der Waals surface area contributed by atoms with Crippen LogP contribution in [0.5, 0.6) is 0 Å². The number of amides is 1. The predicted molar refractivity (Wildman–Crippen MR) is 56.8 cm³/mol. The number of carbonyl (C=O) groups is 1. The topological polar surface area (TPSA) is 75.8 Å². The molecule has 3 N–H and O–H groups in total. The number of ether oxygens (including phenoxy) is 1. The predicted octanol–water partition coefficient (Wildman–Crippen LogP) is 0.562. The van der Waals surface area contributed by atoms with E-state index in [9.17, 15) is 13.6 Å². The van der Waals surface area contributed by atoms with Crippen molar-refractivity contribution in [1.29, 1.82) is 0 Å². The van der Waals surface area contributed by atoms with Crippen LogP contribution in [0.4, 0.5) is 13.6 Å². The Morgan fingerprint density at radius 1 is 1.47 bits per heavy atom. The maximum Gasteiger partial charge on any atom is 0.410 e. The van der Waals surface area contributed by atoms with Crippen molar-refractivity contribution < 1.29 is 23.4 Å². The van der Waals surface area contributed by atoms with Gasteiger partial charge in [-0.1, -0.05) is 0 Å². The van der Waals surface area contributed by atoms with Crippen LogP contribution in [0, 0.1) is 0 Å². The highest BCUT2D eigenvalue weighted by molar-refractivity contribution is 5.70. The molecule has 1 aliphatic heterocycles. The monoisotopic (exact) mass is 252 g/mol. The third kappa shape index (κ3) is 2.84. The number of rotatable bonds is 2. The maximum atomic E-state index is 13.2. The second kappa shape index (κ2) is 4.06. The number of likely N-dealkylation sites (tertiary alicyclic amines) is 1. The molecule has 0 aliphatic carbocycles. The molecule has 5 nitrogen and oxygen atoms in total. The molecule has 0 aromatic rings. The molecule has 1 heterocycles. The summed E-state index contributed by atoms with van der Waals surface area (Å²) in [7, 11) is 0. The van der Waals surface area contributed by atoms with E-state index >= 15 is 0 Å². The fraction of sp³-hybridized carbons (Fsp3) is 0.900. The van der Waals surface area contributed by atoms with Gasteiger partial charge in [-0.05, 0) is 20.8 Å². The highest BCUT2D eigenvalue weighted by Gasteiger charge is 2.59. The average Bonchev–Trinajstić information content (AvgIpc) is 2.09. The van der Waals surface area contributed by atoms with E-state index in [1.807, 2.05) is 0 Å². The summed E-state index contributed by atoms with van der Waals surface area (Å²) in [6.07, 6.45) is -0.674. The lowest BCUT2D eigenvalue weighted by Gasteiger charge is -2.50. The lowest BCUT2D eigenvalue weighted by atomic mass is 9.85. The Kier molecular flexibility index (Phi) is 3.37. The van der Waals surface area contributed by atoms with E-state index in [0.29, 0.717) is 0 Å². The smallest absolute Gasteiger partial charge is 0.410 e. The quantitative estimate of drug-likeness (QED) is 0.753. The van der Waals surface area contributed by atoms with Crippen LogP contribution in [0.25, 0.3) is 0 Å². The third-order valence-electron chi connectivity index (χ3n) is 2.52. The highest BCUT2D eigenvalue weighted by atomic mass is 19.3. The SMILES string of the molecule is CC(C)(C)OC(=O)N1CC(N)(C(F)(F)CO)C1. The van der Waals surface area contributed by atoms with E-state index in [2.05, 4.69) is 0 Å². The molecule has 1 saturated heterocycles. The zero-order chi connectivity index (χ0) is 13.5. The minimum Gasteiger partial charge on any atom is -0.444 e. The van der Waals surface area contributed by atoms with Gasteiger partial charge in [0.15, 0.2) is 0 Å². The largest absolute Gasteiger partial charge is 0.444 e. The van der Waals surface area contributed by atoms with Crippen molar-refractivity contribution in [2.24, 2.45) is 5.73 Å². The van der Waals surface area contributed by atoms with Crippen LogP contribution in [0.1, 0.15) is 20.8 Å². The second-order valence-corrected chi connectivity index (χ2v) is 5.36. The van der Waals surface area contributed by atoms with Gasteiger partial charge in [-0.25, -0.2) is 13.6 Å². The molecular weight excluding hydrogens is 234 g/mol. The number of nitrogens with zero attached hydrogens (tertiary/aromatic N) is 1. The van der Waals surface area contributed by atoms with E-state index in [0.717, 1.165) is 4.90 Å². The summed E-state index contributed by atoms with van der Waals surface area (Å²) in [6, 6.07) is 0. The summed E-state index contributed by atoms with van der Waals surface area (Å²) in [6.45, 7) is 3.07. The summed E-state index contributed by atoms with van der Waals surface area (Å²) in [5.74, 6) is -3.40. The Hall–Kier alpha value is -0.950. The third-order valence-corrected chi connectivity index (χ3v) is 2.52. The van der Waals surface area contributed by atoms with Crippen molar-refractivity contribution in [2.75, 3.05) is 19.7 Å². The van der Waals surface area contributed by atoms with Crippen LogP contribution < -0.4 is 5.73 Å². The first-order valence-corrected chi connectivity index (χ1v) is 5.26. The molecule has 7 heteroatoms. The zero-order valence-electron chi connectivity index (χ0n) is 10.2. The zero-order valence-corrected chi connectivity index (χ0v) is 10.2. The van der Waals surface area contributed by atoms with Crippen molar-refractivity contribution in [1.82, 2.24) is 4.90 Å². The van der Waals surface area contributed by atoms with E-state index in [1.54, 1.807) is 20.8 Å². The molecule has 0 aromatic heterocycles. The minimum atomic E-state index is -3.40. The Morgan fingerprint density at radius 2 is 1.94 bits per heavy atom. The Bertz CT molecular complexity index is 309. The molecule has 0 aromatic carbocycles. The van der Waals surface area contributed by atoms with Crippen LogP contribution in [-0.4, -0.2) is 52.9 Å². The van der Waals surface area contributed by atoms with Crippen LogP contribution >= 0.6 is 0 Å². The van der Waals surface area contributed by atoms with E-state index in [4.69, 9.17) is 15.6 Å². The van der Waals surface area contributed by atoms with Gasteiger partial charge in [-0.3, -0.25) is 0 Å². The van der Waals surface area contributed by atoms with Gasteiger partial charge in [0.1, 0.15) is 17.7 Å². The van der Waals surface area contributed by atoms with Crippen LogP contribution in [0.3, 0.4) is 0 Å². The normalized spacial score (nSPS) is 19.8. The number of aliphatic hydroxyl groups excluding tert-OH is 1. The summed E-state index contributed by atoms with van der Waals surface area (Å²) in [4.78, 5) is 12.6. The molecule has 100 valence electrons. The van der Waals surface area contributed by atoms with Gasteiger partial charge < -0.3 is 20.5 Å². The number of hydrogen-bond donors (Lipinski definition) is 2. The molecule has 1 rings (SSSR count). The van der Waals surface area contributed by atoms with Gasteiger partial charge in [-0.15, -0.1) is 0 Å². The number of aliphatic hydroxyl groups is 1. The highest BCUT2D eigenvalue weighted by Crippen LogP contribution is 2.34. The molecule has 0 unspecified atom stereocenters. The summed E-state index contributed by atoms with van der Waals surface area (Å²) >= 11 is 0. The first-order chi connectivity index (χ1) is 7.51. The molecule has 0 radical (unpaired) electrons. The van der Waals surface area contributed by atoms with Gasteiger partial charge in [0.2, 0.25) is 0 Å². The van der Waals surface area contributed by atoms with Crippen LogP contribution in [0.15, 0.2) is 0 Å². The van der Waals surface area contributed by atoms with Crippen molar-refractivity contribution >= 4 is 6.09 Å². The minimum absolute atomic E-state index is 0.324. The number of carbonyl (C=O) groups excluding carboxylic acids is 1. The van der Waals surface area contributed by atoms with E-state index < -0.39 is 29.8 Å². The molecule has 1 fully saturated rings. The van der Waals surface area contributed by atoms with Gasteiger partial charge in [0, 0.05) is 13.1 Å². The molecule has 0 saturated carbocycles. The van der Waals surface area contributed by atoms with Crippen LogP contribution in [0.2, 0.25) is 0 Å². The first-order valence-electron chi connectivity index (χ1n) is 5.26. The molecule has 1 aliphatic rings. The fourth-order valence-electron chi connectivity index (χ4n) is 1.48. The lowest BCUT2D eigenvalue weighted by molar-refractivity contribution is -0.155. The summed E-state index contributed by atoms with van der Waals surface area (Å²) in [5.41, 5.74) is 2.88. The van der Waals surface area contributed by atoms with Crippen molar-refractivity contribution in [2.45, 2.75) is 37.8 Å². The molecule has 17 heavy (non-hydrogen) atoms. The van der Waals surface area contributed by atoms with Crippen molar-refractivity contribution in [3.8, 4) is 0 Å². The number of halogens is 2. The molecule has 0 bridgehead atoms. The first kappa shape index (κ1) is 14.1. The molecular formula is C10H18F2N2O3. The Balaban J connectivity index is 2.54. The standard InChI is InChI=1S/C10H18F2N2O3/c1-8(2,3)17-7(16)14-4-9(13,5-14)10(11,12)6-15/h15H,4-6,13H2,1-3H3. The number of nitrogens with two attached hydrogens (primary N) is 1. The average molecular weight is 252 g/mol. The summed E-state index contributed by atoms with van der Waals surface area (Å²) < 4.78 is 31.4. The van der Waals surface area contributed by atoms with Gasteiger partial charge in [0.25, 0.3) is 5.92 Å². The summed E-state index contributed by atoms with van der Waals surface area (Å²) in [5, 5.41) is 8.54. The molecule has 1 amide bonds.